The molecule has 0 bridgehead atoms. The van der Waals surface area contributed by atoms with Crippen LogP contribution in [0.2, 0.25) is 0 Å². The van der Waals surface area contributed by atoms with Crippen LogP contribution in [0.15, 0.2) is 48.5 Å². The van der Waals surface area contributed by atoms with Gasteiger partial charge in [0, 0.05) is 6.04 Å². The Kier molecular flexibility index (Phi) is 2.91. The number of hydrogen-bond acceptors (Lipinski definition) is 3. The number of benzene rings is 2. The molecule has 3 nitrogen and oxygen atoms in total. The summed E-state index contributed by atoms with van der Waals surface area (Å²) in [5.41, 5.74) is 5.02. The second-order valence-electron chi connectivity index (χ2n) is 5.87. The highest BCUT2D eigenvalue weighted by molar-refractivity contribution is 7.91. The first-order chi connectivity index (χ1) is 10.1. The van der Waals surface area contributed by atoms with Crippen LogP contribution in [0.5, 0.6) is 0 Å². The van der Waals surface area contributed by atoms with E-state index in [9.17, 15) is 8.42 Å². The zero-order valence-corrected chi connectivity index (χ0v) is 12.4. The number of nitrogens with one attached hydrogen (secondary N) is 1. The summed E-state index contributed by atoms with van der Waals surface area (Å²) in [5, 5.41) is 3.57. The summed E-state index contributed by atoms with van der Waals surface area (Å²) in [6.07, 6.45) is 0.711. The molecule has 21 heavy (non-hydrogen) atoms. The van der Waals surface area contributed by atoms with E-state index in [-0.39, 0.29) is 17.8 Å². The highest BCUT2D eigenvalue weighted by Crippen LogP contribution is 2.43. The largest absolute Gasteiger partial charge is 0.302 e. The third-order valence-electron chi connectivity index (χ3n) is 4.47. The fourth-order valence-electron chi connectivity index (χ4n) is 3.50. The Morgan fingerprint density at radius 2 is 1.48 bits per heavy atom. The summed E-state index contributed by atoms with van der Waals surface area (Å²) < 4.78 is 23.3. The summed E-state index contributed by atoms with van der Waals surface area (Å²) in [5.74, 6) is 0.564. The lowest BCUT2D eigenvalue weighted by atomic mass is 10.0. The van der Waals surface area contributed by atoms with E-state index in [1.165, 1.54) is 22.3 Å². The van der Waals surface area contributed by atoms with E-state index in [4.69, 9.17) is 0 Å². The molecule has 0 radical (unpaired) electrons. The molecular formula is C17H17NO2S. The molecule has 2 aromatic carbocycles. The van der Waals surface area contributed by atoms with Gasteiger partial charge in [-0.2, -0.15) is 0 Å². The van der Waals surface area contributed by atoms with Gasteiger partial charge in [0.25, 0.3) is 0 Å². The van der Waals surface area contributed by atoms with Crippen molar-refractivity contribution in [1.29, 1.82) is 0 Å². The first kappa shape index (κ1) is 13.0. The van der Waals surface area contributed by atoms with Crippen molar-refractivity contribution in [3.63, 3.8) is 0 Å². The van der Waals surface area contributed by atoms with E-state index in [2.05, 4.69) is 41.7 Å². The van der Waals surface area contributed by atoms with E-state index in [1.807, 2.05) is 12.1 Å². The second kappa shape index (κ2) is 4.68. The van der Waals surface area contributed by atoms with Crippen molar-refractivity contribution in [3.8, 4) is 11.1 Å². The van der Waals surface area contributed by atoms with Gasteiger partial charge in [-0.25, -0.2) is 8.42 Å². The zero-order chi connectivity index (χ0) is 14.4. The predicted octanol–water partition coefficient (Wildman–Crippen LogP) is 2.53. The molecule has 0 unspecified atom stereocenters. The van der Waals surface area contributed by atoms with Gasteiger partial charge in [0.1, 0.15) is 0 Å². The molecule has 2 aliphatic rings. The lowest BCUT2D eigenvalue weighted by molar-refractivity contribution is 0.510. The summed E-state index contributed by atoms with van der Waals surface area (Å²) in [6, 6.07) is 16.9. The summed E-state index contributed by atoms with van der Waals surface area (Å²) in [7, 11) is -2.85. The van der Waals surface area contributed by atoms with Crippen molar-refractivity contribution >= 4 is 9.84 Å². The maximum Gasteiger partial charge on any atom is 0.151 e. The third-order valence-corrected chi connectivity index (χ3v) is 6.24. The van der Waals surface area contributed by atoms with Gasteiger partial charge in [0.2, 0.25) is 0 Å². The molecule has 1 atom stereocenters. The summed E-state index contributed by atoms with van der Waals surface area (Å²) in [6.45, 7) is 0. The SMILES string of the molecule is O=S1(=O)CC[C@@H](NC2c3ccccc3-c3ccccc32)C1. The topological polar surface area (TPSA) is 46.2 Å². The molecule has 1 aliphatic carbocycles. The Balaban J connectivity index is 1.72. The minimum absolute atomic E-state index is 0.0548. The molecule has 1 aliphatic heterocycles. The number of hydrogen-bond donors (Lipinski definition) is 1. The van der Waals surface area contributed by atoms with Gasteiger partial charge in [-0.3, -0.25) is 0 Å². The second-order valence-corrected chi connectivity index (χ2v) is 8.10. The van der Waals surface area contributed by atoms with Crippen LogP contribution in [0.25, 0.3) is 11.1 Å². The van der Waals surface area contributed by atoms with Crippen molar-refractivity contribution < 1.29 is 8.42 Å². The van der Waals surface area contributed by atoms with Crippen molar-refractivity contribution in [2.24, 2.45) is 0 Å². The van der Waals surface area contributed by atoms with Gasteiger partial charge in [-0.15, -0.1) is 0 Å². The first-order valence-corrected chi connectivity index (χ1v) is 9.11. The van der Waals surface area contributed by atoms with E-state index in [0.29, 0.717) is 12.2 Å². The molecule has 4 heteroatoms. The monoisotopic (exact) mass is 299 g/mol. The van der Waals surface area contributed by atoms with Gasteiger partial charge in [0.05, 0.1) is 17.5 Å². The summed E-state index contributed by atoms with van der Waals surface area (Å²) >= 11 is 0. The van der Waals surface area contributed by atoms with Crippen molar-refractivity contribution in [3.05, 3.63) is 59.7 Å². The highest BCUT2D eigenvalue weighted by atomic mass is 32.2. The van der Waals surface area contributed by atoms with Crippen LogP contribution in [-0.4, -0.2) is 26.0 Å². The predicted molar refractivity (Wildman–Crippen MR) is 83.9 cm³/mol. The van der Waals surface area contributed by atoms with Crippen LogP contribution in [-0.2, 0) is 9.84 Å². The van der Waals surface area contributed by atoms with Gasteiger partial charge in [-0.1, -0.05) is 48.5 Å². The standard InChI is InChI=1S/C17H17NO2S/c19-21(20)10-9-12(11-21)18-17-15-7-3-1-5-13(15)14-6-2-4-8-16(14)17/h1-8,12,17-18H,9-11H2/t12-/m1/s1. The average Bonchev–Trinajstić information content (AvgIpc) is 2.99. The average molecular weight is 299 g/mol. The lowest BCUT2D eigenvalue weighted by Crippen LogP contribution is -2.33. The van der Waals surface area contributed by atoms with Crippen molar-refractivity contribution in [1.82, 2.24) is 5.32 Å². The minimum Gasteiger partial charge on any atom is -0.302 e. The molecule has 1 fully saturated rings. The number of fused-ring (bicyclic) bond motifs is 3. The minimum atomic E-state index is -2.85. The fourth-order valence-corrected chi connectivity index (χ4v) is 5.18. The maximum atomic E-state index is 11.7. The Morgan fingerprint density at radius 1 is 0.905 bits per heavy atom. The summed E-state index contributed by atoms with van der Waals surface area (Å²) in [4.78, 5) is 0. The first-order valence-electron chi connectivity index (χ1n) is 7.29. The van der Waals surface area contributed by atoms with Crippen molar-refractivity contribution in [2.75, 3.05) is 11.5 Å². The Morgan fingerprint density at radius 3 is 2.00 bits per heavy atom. The van der Waals surface area contributed by atoms with Crippen LogP contribution >= 0.6 is 0 Å². The van der Waals surface area contributed by atoms with E-state index < -0.39 is 9.84 Å². The van der Waals surface area contributed by atoms with Gasteiger partial charge < -0.3 is 5.32 Å². The lowest BCUT2D eigenvalue weighted by Gasteiger charge is -2.20. The van der Waals surface area contributed by atoms with E-state index in [1.54, 1.807) is 0 Å². The molecule has 0 amide bonds. The van der Waals surface area contributed by atoms with Crippen LogP contribution in [0.3, 0.4) is 0 Å². The van der Waals surface area contributed by atoms with Crippen LogP contribution in [0.1, 0.15) is 23.6 Å². The molecule has 2 aromatic rings. The quantitative estimate of drug-likeness (QED) is 0.927. The smallest absolute Gasteiger partial charge is 0.151 e. The molecule has 0 saturated carbocycles. The number of rotatable bonds is 2. The van der Waals surface area contributed by atoms with Crippen LogP contribution < -0.4 is 5.32 Å². The zero-order valence-electron chi connectivity index (χ0n) is 11.6. The molecule has 1 heterocycles. The molecule has 0 aromatic heterocycles. The molecule has 1 N–H and O–H groups in total. The van der Waals surface area contributed by atoms with Crippen LogP contribution in [0, 0.1) is 0 Å². The molecule has 1 saturated heterocycles. The molecule has 108 valence electrons. The Labute approximate surface area is 124 Å². The van der Waals surface area contributed by atoms with Gasteiger partial charge >= 0.3 is 0 Å². The van der Waals surface area contributed by atoms with E-state index in [0.717, 1.165) is 0 Å². The van der Waals surface area contributed by atoms with Gasteiger partial charge in [0.15, 0.2) is 9.84 Å². The van der Waals surface area contributed by atoms with Gasteiger partial charge in [-0.05, 0) is 28.7 Å². The Hall–Kier alpha value is -1.65. The molecule has 0 spiro atoms. The maximum absolute atomic E-state index is 11.7. The van der Waals surface area contributed by atoms with E-state index >= 15 is 0 Å². The van der Waals surface area contributed by atoms with Crippen LogP contribution in [0.4, 0.5) is 0 Å². The molecular weight excluding hydrogens is 282 g/mol. The van der Waals surface area contributed by atoms with Crippen molar-refractivity contribution in [2.45, 2.75) is 18.5 Å². The third kappa shape index (κ3) is 2.19. The number of sulfone groups is 1. The highest BCUT2D eigenvalue weighted by Gasteiger charge is 2.34. The normalized spacial score (nSPS) is 23.0. The Bertz CT molecular complexity index is 752. The fraction of sp³-hybridized carbons (Fsp3) is 0.294. The molecule has 4 rings (SSSR count).